The lowest BCUT2D eigenvalue weighted by Gasteiger charge is -2.20. The van der Waals surface area contributed by atoms with Gasteiger partial charge in [-0.15, -0.1) is 0 Å². The molecule has 31 heavy (non-hydrogen) atoms. The summed E-state index contributed by atoms with van der Waals surface area (Å²) in [5.74, 6) is 1.64. The monoisotopic (exact) mass is 438 g/mol. The molecule has 160 valence electrons. The number of hydrogen-bond donors (Lipinski definition) is 0. The lowest BCUT2D eigenvalue weighted by molar-refractivity contribution is 0.0985. The van der Waals surface area contributed by atoms with Crippen LogP contribution in [0.25, 0.3) is 10.2 Å². The molecule has 0 N–H and O–H groups in total. The van der Waals surface area contributed by atoms with Crippen molar-refractivity contribution < 1.29 is 19.0 Å². The molecule has 0 saturated heterocycles. The van der Waals surface area contributed by atoms with Gasteiger partial charge in [0.2, 0.25) is 0 Å². The van der Waals surface area contributed by atoms with Crippen LogP contribution in [0.5, 0.6) is 17.2 Å². The molecule has 0 bridgehead atoms. The van der Waals surface area contributed by atoms with Gasteiger partial charge in [-0.05, 0) is 36.4 Å². The first-order valence-corrected chi connectivity index (χ1v) is 10.4. The van der Waals surface area contributed by atoms with Crippen LogP contribution in [0.3, 0.4) is 0 Å². The average molecular weight is 439 g/mol. The third-order valence-corrected chi connectivity index (χ3v) is 5.81. The van der Waals surface area contributed by atoms with Gasteiger partial charge < -0.3 is 14.2 Å². The van der Waals surface area contributed by atoms with Crippen molar-refractivity contribution in [3.8, 4) is 17.2 Å². The highest BCUT2D eigenvalue weighted by atomic mass is 32.1. The van der Waals surface area contributed by atoms with E-state index in [1.54, 1.807) is 55.3 Å². The lowest BCUT2D eigenvalue weighted by atomic mass is 10.1. The van der Waals surface area contributed by atoms with Crippen molar-refractivity contribution in [3.05, 3.63) is 60.4 Å². The van der Waals surface area contributed by atoms with Gasteiger partial charge in [-0.2, -0.15) is 5.10 Å². The summed E-state index contributed by atoms with van der Waals surface area (Å²) >= 11 is 1.44. The predicted octanol–water partition coefficient (Wildman–Crippen LogP) is 3.87. The molecule has 0 aliphatic carbocycles. The quantitative estimate of drug-likeness (QED) is 0.416. The van der Waals surface area contributed by atoms with Crippen molar-refractivity contribution in [3.63, 3.8) is 0 Å². The fourth-order valence-electron chi connectivity index (χ4n) is 3.14. The number of nitrogens with zero attached hydrogens (tertiary/aromatic N) is 4. The van der Waals surface area contributed by atoms with Gasteiger partial charge in [-0.1, -0.05) is 11.3 Å². The molecule has 0 saturated carbocycles. The summed E-state index contributed by atoms with van der Waals surface area (Å²) in [5, 5.41) is 4.84. The van der Waals surface area contributed by atoms with Crippen LogP contribution in [0.2, 0.25) is 0 Å². The number of ether oxygens (including phenoxy) is 3. The molecule has 2 aromatic heterocycles. The molecule has 0 spiro atoms. The first kappa shape index (κ1) is 20.7. The summed E-state index contributed by atoms with van der Waals surface area (Å²) in [6, 6.07) is 12.6. The average Bonchev–Trinajstić information content (AvgIpc) is 3.47. The molecular weight excluding hydrogens is 416 g/mol. The first-order chi connectivity index (χ1) is 15.1. The van der Waals surface area contributed by atoms with E-state index >= 15 is 0 Å². The number of carbonyl (C=O) groups is 1. The van der Waals surface area contributed by atoms with Crippen molar-refractivity contribution >= 4 is 32.6 Å². The van der Waals surface area contributed by atoms with Crippen LogP contribution < -0.4 is 19.1 Å². The number of benzene rings is 2. The number of carbonyl (C=O) groups excluding carboxylic acids is 1. The Morgan fingerprint density at radius 2 is 1.77 bits per heavy atom. The number of thiazole rings is 1. The van der Waals surface area contributed by atoms with E-state index in [2.05, 4.69) is 5.10 Å². The highest BCUT2D eigenvalue weighted by Gasteiger charge is 2.23. The zero-order valence-corrected chi connectivity index (χ0v) is 18.3. The van der Waals surface area contributed by atoms with Crippen LogP contribution in [0.1, 0.15) is 10.4 Å². The minimum absolute atomic E-state index is 0.199. The molecular formula is C22H22N4O4S. The SMILES string of the molecule is COc1cc(OC)cc(C(=O)N(CCn2cccn2)c2nc3ccc(OC)cc3s2)c1. The number of methoxy groups -OCH3 is 3. The van der Waals surface area contributed by atoms with Crippen LogP contribution in [0.4, 0.5) is 5.13 Å². The summed E-state index contributed by atoms with van der Waals surface area (Å²) in [7, 11) is 4.73. The number of fused-ring (bicyclic) bond motifs is 1. The molecule has 2 aromatic carbocycles. The molecule has 0 aliphatic rings. The highest BCUT2D eigenvalue weighted by Crippen LogP contribution is 2.33. The summed E-state index contributed by atoms with van der Waals surface area (Å²) in [6.07, 6.45) is 3.57. The Morgan fingerprint density at radius 1 is 1.03 bits per heavy atom. The van der Waals surface area contributed by atoms with Crippen LogP contribution in [0, 0.1) is 0 Å². The largest absolute Gasteiger partial charge is 0.497 e. The Labute approximate surface area is 183 Å². The maximum absolute atomic E-state index is 13.6. The van der Waals surface area contributed by atoms with Crippen molar-refractivity contribution in [1.82, 2.24) is 14.8 Å². The van der Waals surface area contributed by atoms with E-state index in [0.717, 1.165) is 16.0 Å². The van der Waals surface area contributed by atoms with Gasteiger partial charge in [0, 0.05) is 30.6 Å². The Hall–Kier alpha value is -3.59. The van der Waals surface area contributed by atoms with E-state index in [1.807, 2.05) is 30.5 Å². The van der Waals surface area contributed by atoms with Gasteiger partial charge in [0.1, 0.15) is 17.2 Å². The van der Waals surface area contributed by atoms with Gasteiger partial charge >= 0.3 is 0 Å². The fraction of sp³-hybridized carbons (Fsp3) is 0.227. The topological polar surface area (TPSA) is 78.7 Å². The summed E-state index contributed by atoms with van der Waals surface area (Å²) < 4.78 is 18.7. The molecule has 1 amide bonds. The molecule has 0 atom stereocenters. The van der Waals surface area contributed by atoms with Gasteiger partial charge in [0.05, 0.1) is 38.1 Å². The molecule has 0 aliphatic heterocycles. The van der Waals surface area contributed by atoms with E-state index in [9.17, 15) is 4.79 Å². The van der Waals surface area contributed by atoms with E-state index in [0.29, 0.717) is 35.3 Å². The van der Waals surface area contributed by atoms with Crippen LogP contribution in [-0.2, 0) is 6.54 Å². The van der Waals surface area contributed by atoms with Crippen molar-refractivity contribution in [2.75, 3.05) is 32.8 Å². The lowest BCUT2D eigenvalue weighted by Crippen LogP contribution is -2.34. The molecule has 9 heteroatoms. The van der Waals surface area contributed by atoms with Gasteiger partial charge in [0.25, 0.3) is 5.91 Å². The van der Waals surface area contributed by atoms with E-state index in [-0.39, 0.29) is 5.91 Å². The summed E-state index contributed by atoms with van der Waals surface area (Å²) in [5.41, 5.74) is 1.26. The van der Waals surface area contributed by atoms with Crippen molar-refractivity contribution in [2.45, 2.75) is 6.54 Å². The van der Waals surface area contributed by atoms with E-state index in [4.69, 9.17) is 19.2 Å². The highest BCUT2D eigenvalue weighted by molar-refractivity contribution is 7.22. The number of anilines is 1. The van der Waals surface area contributed by atoms with Gasteiger partial charge in [-0.25, -0.2) is 4.98 Å². The van der Waals surface area contributed by atoms with Gasteiger partial charge in [-0.3, -0.25) is 14.4 Å². The fourth-order valence-corrected chi connectivity index (χ4v) is 4.16. The smallest absolute Gasteiger partial charge is 0.260 e. The number of aromatic nitrogens is 3. The second-order valence-corrected chi connectivity index (χ2v) is 7.67. The van der Waals surface area contributed by atoms with Crippen molar-refractivity contribution in [1.29, 1.82) is 0 Å². The molecule has 8 nitrogen and oxygen atoms in total. The van der Waals surface area contributed by atoms with E-state index in [1.165, 1.54) is 11.3 Å². The predicted molar refractivity (Wildman–Crippen MR) is 120 cm³/mol. The summed E-state index contributed by atoms with van der Waals surface area (Å²) in [4.78, 5) is 19.9. The normalized spacial score (nSPS) is 10.8. The Balaban J connectivity index is 1.72. The first-order valence-electron chi connectivity index (χ1n) is 9.58. The van der Waals surface area contributed by atoms with Crippen LogP contribution in [-0.4, -0.2) is 48.5 Å². The maximum atomic E-state index is 13.6. The maximum Gasteiger partial charge on any atom is 0.260 e. The number of hydrogen-bond acceptors (Lipinski definition) is 7. The molecule has 4 aromatic rings. The third kappa shape index (κ3) is 4.46. The Morgan fingerprint density at radius 3 is 2.42 bits per heavy atom. The number of amides is 1. The zero-order chi connectivity index (χ0) is 21.8. The van der Waals surface area contributed by atoms with Gasteiger partial charge in [0.15, 0.2) is 5.13 Å². The standard InChI is InChI=1S/C22H22N4O4S/c1-28-16-5-6-19-20(14-16)31-22(24-19)26(10-9-25-8-4-7-23-25)21(27)15-11-17(29-2)13-18(12-15)30-3/h4-8,11-14H,9-10H2,1-3H3. The second kappa shape index (κ2) is 9.05. The van der Waals surface area contributed by atoms with Crippen LogP contribution in [0.15, 0.2) is 54.9 Å². The minimum Gasteiger partial charge on any atom is -0.497 e. The third-order valence-electron chi connectivity index (χ3n) is 4.77. The molecule has 0 fully saturated rings. The van der Waals surface area contributed by atoms with E-state index < -0.39 is 0 Å². The minimum atomic E-state index is -0.199. The zero-order valence-electron chi connectivity index (χ0n) is 17.4. The molecule has 0 unspecified atom stereocenters. The van der Waals surface area contributed by atoms with Crippen molar-refractivity contribution in [2.24, 2.45) is 0 Å². The molecule has 4 rings (SSSR count). The number of rotatable bonds is 8. The summed E-state index contributed by atoms with van der Waals surface area (Å²) in [6.45, 7) is 0.927. The Kier molecular flexibility index (Phi) is 6.03. The molecule has 0 radical (unpaired) electrons. The second-order valence-electron chi connectivity index (χ2n) is 6.66. The Bertz CT molecular complexity index is 1170. The molecule has 2 heterocycles. The van der Waals surface area contributed by atoms with Crippen LogP contribution >= 0.6 is 11.3 Å².